The van der Waals surface area contributed by atoms with Crippen LogP contribution in [0.1, 0.15) is 13.8 Å². The summed E-state index contributed by atoms with van der Waals surface area (Å²) in [5.74, 6) is 0. The fourth-order valence-corrected chi connectivity index (χ4v) is 1.65. The van der Waals surface area contributed by atoms with Crippen molar-refractivity contribution < 1.29 is 9.47 Å². The van der Waals surface area contributed by atoms with Gasteiger partial charge < -0.3 is 9.47 Å². The van der Waals surface area contributed by atoms with Crippen molar-refractivity contribution in [1.82, 2.24) is 4.90 Å². The molecular weight excluding hydrogens is 246 g/mol. The Bertz CT molecular complexity index is 185. The number of hydrogen-bond acceptors (Lipinski definition) is 3. The summed E-state index contributed by atoms with van der Waals surface area (Å²) in [4.78, 5) is 2.27. The molecule has 0 aromatic carbocycles. The molecule has 0 radical (unpaired) electrons. The summed E-state index contributed by atoms with van der Waals surface area (Å²) in [6, 6.07) is 0. The van der Waals surface area contributed by atoms with Gasteiger partial charge in [-0.2, -0.15) is 0 Å². The monoisotopic (exact) mass is 265 g/mol. The van der Waals surface area contributed by atoms with E-state index in [0.717, 1.165) is 13.2 Å². The quantitative estimate of drug-likeness (QED) is 0.725. The number of halogens is 1. The molecule has 1 aliphatic heterocycles. The number of hydrogen-bond donors (Lipinski definition) is 0. The van der Waals surface area contributed by atoms with Crippen LogP contribution in [0.3, 0.4) is 0 Å². The predicted molar refractivity (Wildman–Crippen MR) is 62.9 cm³/mol. The van der Waals surface area contributed by atoms with Gasteiger partial charge in [-0.25, -0.2) is 0 Å². The first-order chi connectivity index (χ1) is 6.11. The van der Waals surface area contributed by atoms with E-state index < -0.39 is 0 Å². The molecular formula is C10H20BrNO2. The third-order valence-electron chi connectivity index (χ3n) is 2.39. The number of ether oxygens (including phenoxy) is 2. The molecule has 1 unspecified atom stereocenters. The Morgan fingerprint density at radius 3 is 2.79 bits per heavy atom. The van der Waals surface area contributed by atoms with E-state index in [2.05, 4.69) is 25.3 Å². The van der Waals surface area contributed by atoms with Gasteiger partial charge in [-0.1, -0.05) is 6.08 Å². The highest BCUT2D eigenvalue weighted by Gasteiger charge is 2.39. The molecule has 1 atom stereocenters. The van der Waals surface area contributed by atoms with E-state index in [1.54, 1.807) is 7.11 Å². The van der Waals surface area contributed by atoms with Crippen molar-refractivity contribution in [2.45, 2.75) is 25.6 Å². The van der Waals surface area contributed by atoms with Crippen LogP contribution < -0.4 is 0 Å². The van der Waals surface area contributed by atoms with Crippen LogP contribution in [0.15, 0.2) is 12.7 Å². The highest BCUT2D eigenvalue weighted by atomic mass is 79.9. The predicted octanol–water partition coefficient (Wildman–Crippen LogP) is 1.83. The molecule has 3 nitrogen and oxygen atoms in total. The Morgan fingerprint density at radius 2 is 2.29 bits per heavy atom. The smallest absolute Gasteiger partial charge is 0.135 e. The van der Waals surface area contributed by atoms with Gasteiger partial charge in [0.05, 0.1) is 13.2 Å². The second kappa shape index (κ2) is 5.85. The van der Waals surface area contributed by atoms with E-state index in [1.807, 2.05) is 6.08 Å². The summed E-state index contributed by atoms with van der Waals surface area (Å²) in [5.41, 5.74) is 0.0946. The Hall–Kier alpha value is 0.1000. The zero-order valence-corrected chi connectivity index (χ0v) is 10.9. The lowest BCUT2D eigenvalue weighted by atomic mass is 10.1. The largest absolute Gasteiger partial charge is 0.381 e. The molecule has 1 heterocycles. The molecule has 4 heteroatoms. The van der Waals surface area contributed by atoms with E-state index in [1.165, 1.54) is 0 Å². The summed E-state index contributed by atoms with van der Waals surface area (Å²) < 4.78 is 10.7. The molecule has 84 valence electrons. The minimum Gasteiger partial charge on any atom is -0.381 e. The van der Waals surface area contributed by atoms with Crippen molar-refractivity contribution in [2.75, 3.05) is 26.9 Å². The summed E-state index contributed by atoms with van der Waals surface area (Å²) >= 11 is 0. The topological polar surface area (TPSA) is 21.7 Å². The Balaban J connectivity index is 0.00000169. The third kappa shape index (κ3) is 3.05. The van der Waals surface area contributed by atoms with Gasteiger partial charge in [-0.15, -0.1) is 23.6 Å². The van der Waals surface area contributed by atoms with Crippen molar-refractivity contribution in [3.05, 3.63) is 12.7 Å². The van der Waals surface area contributed by atoms with E-state index in [9.17, 15) is 0 Å². The molecule has 0 aromatic rings. The lowest BCUT2D eigenvalue weighted by Gasteiger charge is -2.31. The fourth-order valence-electron chi connectivity index (χ4n) is 1.65. The third-order valence-corrected chi connectivity index (χ3v) is 2.39. The highest BCUT2D eigenvalue weighted by Crippen LogP contribution is 2.26. The molecule has 1 rings (SSSR count). The van der Waals surface area contributed by atoms with Gasteiger partial charge >= 0.3 is 0 Å². The first-order valence-corrected chi connectivity index (χ1v) is 4.60. The lowest BCUT2D eigenvalue weighted by Crippen LogP contribution is -2.45. The van der Waals surface area contributed by atoms with Crippen LogP contribution in [0.2, 0.25) is 0 Å². The molecule has 1 fully saturated rings. The molecule has 14 heavy (non-hydrogen) atoms. The molecule has 0 aliphatic carbocycles. The van der Waals surface area contributed by atoms with Crippen molar-refractivity contribution in [2.24, 2.45) is 0 Å². The highest BCUT2D eigenvalue weighted by molar-refractivity contribution is 8.93. The van der Waals surface area contributed by atoms with E-state index in [4.69, 9.17) is 9.47 Å². The van der Waals surface area contributed by atoms with Gasteiger partial charge in [-0.3, -0.25) is 4.90 Å². The molecule has 0 aromatic heterocycles. The molecule has 0 bridgehead atoms. The first kappa shape index (κ1) is 14.1. The first-order valence-electron chi connectivity index (χ1n) is 4.60. The second-order valence-corrected chi connectivity index (χ2v) is 3.97. The summed E-state index contributed by atoms with van der Waals surface area (Å²) in [6.45, 7) is 10.3. The number of rotatable bonds is 4. The average Bonchev–Trinajstić information content (AvgIpc) is 2.33. The van der Waals surface area contributed by atoms with Crippen molar-refractivity contribution in [3.8, 4) is 0 Å². The minimum absolute atomic E-state index is 0. The van der Waals surface area contributed by atoms with Crippen LogP contribution in [0.25, 0.3) is 0 Å². The standard InChI is InChI=1S/C10H19NO2.BrH/c1-5-6-11-9(7-12-4)13-8-10(11,2)3;/h5,9H,1,6-8H2,2-4H3;1H. The number of nitrogens with zero attached hydrogens (tertiary/aromatic N) is 1. The SMILES string of the molecule is Br.C=CCN1C(COC)OCC1(C)C. The van der Waals surface area contributed by atoms with Crippen LogP contribution in [-0.4, -0.2) is 43.5 Å². The van der Waals surface area contributed by atoms with Gasteiger partial charge in [0, 0.05) is 19.2 Å². The van der Waals surface area contributed by atoms with Crippen molar-refractivity contribution in [3.63, 3.8) is 0 Å². The van der Waals surface area contributed by atoms with Crippen LogP contribution in [-0.2, 0) is 9.47 Å². The van der Waals surface area contributed by atoms with Crippen molar-refractivity contribution in [1.29, 1.82) is 0 Å². The van der Waals surface area contributed by atoms with E-state index in [0.29, 0.717) is 6.61 Å². The molecule has 1 aliphatic rings. The van der Waals surface area contributed by atoms with Crippen LogP contribution in [0, 0.1) is 0 Å². The maximum atomic E-state index is 5.63. The van der Waals surface area contributed by atoms with Crippen LogP contribution in [0.4, 0.5) is 0 Å². The van der Waals surface area contributed by atoms with Gasteiger partial charge in [0.1, 0.15) is 6.23 Å². The van der Waals surface area contributed by atoms with Crippen LogP contribution in [0.5, 0.6) is 0 Å². The normalized spacial score (nSPS) is 25.8. The number of methoxy groups -OCH3 is 1. The Morgan fingerprint density at radius 1 is 1.64 bits per heavy atom. The van der Waals surface area contributed by atoms with Gasteiger partial charge in [0.15, 0.2) is 0 Å². The molecule has 0 N–H and O–H groups in total. The Kier molecular flexibility index (Phi) is 5.90. The van der Waals surface area contributed by atoms with Gasteiger partial charge in [-0.05, 0) is 13.8 Å². The Labute approximate surface area is 96.8 Å². The molecule has 0 spiro atoms. The zero-order chi connectivity index (χ0) is 9.90. The molecule has 0 amide bonds. The summed E-state index contributed by atoms with van der Waals surface area (Å²) in [5, 5.41) is 0. The lowest BCUT2D eigenvalue weighted by molar-refractivity contribution is -0.0260. The van der Waals surface area contributed by atoms with E-state index in [-0.39, 0.29) is 28.7 Å². The summed E-state index contributed by atoms with van der Waals surface area (Å²) in [6.07, 6.45) is 1.98. The maximum Gasteiger partial charge on any atom is 0.135 e. The summed E-state index contributed by atoms with van der Waals surface area (Å²) in [7, 11) is 1.70. The zero-order valence-electron chi connectivity index (χ0n) is 9.16. The second-order valence-electron chi connectivity index (χ2n) is 3.97. The average molecular weight is 266 g/mol. The van der Waals surface area contributed by atoms with Gasteiger partial charge in [0.2, 0.25) is 0 Å². The van der Waals surface area contributed by atoms with E-state index >= 15 is 0 Å². The van der Waals surface area contributed by atoms with Crippen molar-refractivity contribution >= 4 is 17.0 Å². The minimum atomic E-state index is 0. The maximum absolute atomic E-state index is 5.63. The molecule has 1 saturated heterocycles. The fraction of sp³-hybridized carbons (Fsp3) is 0.800. The van der Waals surface area contributed by atoms with Gasteiger partial charge in [0.25, 0.3) is 0 Å². The van der Waals surface area contributed by atoms with Crippen LogP contribution >= 0.6 is 17.0 Å². The molecule has 0 saturated carbocycles.